The SMILES string of the molecule is CCNC(=O)OC(C)N(CCN)C(C)OC(=O)NCC.Cl.Cl. The van der Waals surface area contributed by atoms with Crippen molar-refractivity contribution in [1.82, 2.24) is 15.5 Å². The first-order valence-electron chi connectivity index (χ1n) is 6.80. The zero-order valence-electron chi connectivity index (χ0n) is 13.5. The van der Waals surface area contributed by atoms with Crippen molar-refractivity contribution in [2.75, 3.05) is 26.2 Å². The van der Waals surface area contributed by atoms with E-state index in [1.54, 1.807) is 32.6 Å². The second kappa shape index (κ2) is 15.0. The average Bonchev–Trinajstić information content (AvgIpc) is 2.35. The number of carbonyl (C=O) groups excluding carboxylic acids is 2. The van der Waals surface area contributed by atoms with E-state index >= 15 is 0 Å². The number of amides is 2. The summed E-state index contributed by atoms with van der Waals surface area (Å²) in [7, 11) is 0. The predicted octanol–water partition coefficient (Wildman–Crippen LogP) is 1.27. The van der Waals surface area contributed by atoms with E-state index in [1.165, 1.54) is 0 Å². The van der Waals surface area contributed by atoms with Gasteiger partial charge in [0.15, 0.2) is 12.5 Å². The number of alkyl carbamates (subject to hydrolysis) is 2. The predicted molar refractivity (Wildman–Crippen MR) is 89.5 cm³/mol. The first-order valence-corrected chi connectivity index (χ1v) is 6.80. The molecule has 0 aromatic carbocycles. The quantitative estimate of drug-likeness (QED) is 0.561. The Bertz CT molecular complexity index is 285. The summed E-state index contributed by atoms with van der Waals surface area (Å²) in [4.78, 5) is 24.5. The number of ether oxygens (including phenoxy) is 2. The maximum absolute atomic E-state index is 11.4. The molecule has 0 heterocycles. The van der Waals surface area contributed by atoms with Gasteiger partial charge >= 0.3 is 12.2 Å². The number of rotatable bonds is 8. The Morgan fingerprint density at radius 1 is 1.00 bits per heavy atom. The minimum atomic E-state index is -0.561. The van der Waals surface area contributed by atoms with Crippen LogP contribution in [0.5, 0.6) is 0 Å². The van der Waals surface area contributed by atoms with E-state index in [0.717, 1.165) is 0 Å². The van der Waals surface area contributed by atoms with E-state index in [2.05, 4.69) is 10.6 Å². The maximum atomic E-state index is 11.4. The van der Waals surface area contributed by atoms with Gasteiger partial charge in [-0.25, -0.2) is 14.5 Å². The van der Waals surface area contributed by atoms with Gasteiger partial charge < -0.3 is 25.8 Å². The Balaban J connectivity index is -0.00000180. The monoisotopic (exact) mass is 362 g/mol. The molecule has 0 aliphatic rings. The zero-order chi connectivity index (χ0) is 15.5. The topological polar surface area (TPSA) is 106 Å². The van der Waals surface area contributed by atoms with Crippen LogP contribution in [0.25, 0.3) is 0 Å². The maximum Gasteiger partial charge on any atom is 0.408 e. The Labute approximate surface area is 144 Å². The molecule has 4 N–H and O–H groups in total. The molecule has 0 radical (unpaired) electrons. The van der Waals surface area contributed by atoms with Crippen molar-refractivity contribution in [2.24, 2.45) is 5.73 Å². The van der Waals surface area contributed by atoms with Crippen molar-refractivity contribution in [1.29, 1.82) is 0 Å². The van der Waals surface area contributed by atoms with Crippen LogP contribution in [-0.2, 0) is 9.47 Å². The molecule has 0 aromatic heterocycles. The molecule has 0 saturated carbocycles. The number of nitrogens with one attached hydrogen (secondary N) is 2. The minimum Gasteiger partial charge on any atom is -0.430 e. The molecule has 2 unspecified atom stereocenters. The molecule has 134 valence electrons. The lowest BCUT2D eigenvalue weighted by atomic mass is 10.4. The molecule has 0 aliphatic heterocycles. The average molecular weight is 363 g/mol. The van der Waals surface area contributed by atoms with Crippen molar-refractivity contribution >= 4 is 37.0 Å². The van der Waals surface area contributed by atoms with E-state index in [0.29, 0.717) is 26.2 Å². The van der Waals surface area contributed by atoms with Gasteiger partial charge in [-0.1, -0.05) is 0 Å². The van der Waals surface area contributed by atoms with Crippen LogP contribution < -0.4 is 16.4 Å². The summed E-state index contributed by atoms with van der Waals surface area (Å²) >= 11 is 0. The van der Waals surface area contributed by atoms with Crippen LogP contribution in [0.1, 0.15) is 27.7 Å². The summed E-state index contributed by atoms with van der Waals surface area (Å²) in [5.41, 5.74) is 5.53. The van der Waals surface area contributed by atoms with Gasteiger partial charge in [0.2, 0.25) is 0 Å². The lowest BCUT2D eigenvalue weighted by Crippen LogP contribution is -2.48. The molecular weight excluding hydrogens is 335 g/mol. The van der Waals surface area contributed by atoms with Crippen LogP contribution in [0, 0.1) is 0 Å². The standard InChI is InChI=1S/C12H26N4O4.2ClH/c1-5-14-11(17)19-9(3)16(8-7-13)10(4)20-12(18)15-6-2;;/h9-10H,5-8,13H2,1-4H3,(H,14,17)(H,15,18);2*1H. The van der Waals surface area contributed by atoms with E-state index in [4.69, 9.17) is 15.2 Å². The smallest absolute Gasteiger partial charge is 0.408 e. The van der Waals surface area contributed by atoms with E-state index in [1.807, 2.05) is 0 Å². The molecule has 0 bridgehead atoms. The van der Waals surface area contributed by atoms with Gasteiger partial charge in [0.1, 0.15) is 0 Å². The van der Waals surface area contributed by atoms with Gasteiger partial charge in [-0.2, -0.15) is 0 Å². The normalized spacial score (nSPS) is 12.3. The summed E-state index contributed by atoms with van der Waals surface area (Å²) < 4.78 is 10.4. The van der Waals surface area contributed by atoms with Gasteiger partial charge in [0, 0.05) is 26.2 Å². The first kappa shape index (κ1) is 26.0. The fourth-order valence-electron chi connectivity index (χ4n) is 1.63. The first-order chi connectivity index (χ1) is 9.46. The van der Waals surface area contributed by atoms with Crippen molar-refractivity contribution in [3.05, 3.63) is 0 Å². The van der Waals surface area contributed by atoms with Crippen LogP contribution in [0.4, 0.5) is 9.59 Å². The van der Waals surface area contributed by atoms with Crippen molar-refractivity contribution in [3.8, 4) is 0 Å². The highest BCUT2D eigenvalue weighted by molar-refractivity contribution is 5.85. The van der Waals surface area contributed by atoms with Crippen molar-refractivity contribution < 1.29 is 19.1 Å². The summed E-state index contributed by atoms with van der Waals surface area (Å²) in [5.74, 6) is 0. The molecule has 2 atom stereocenters. The number of hydrogen-bond donors (Lipinski definition) is 3. The van der Waals surface area contributed by atoms with Crippen LogP contribution >= 0.6 is 24.8 Å². The number of nitrogens with zero attached hydrogens (tertiary/aromatic N) is 1. The Hall–Kier alpha value is -0.960. The third-order valence-electron chi connectivity index (χ3n) is 2.52. The molecule has 0 spiro atoms. The third kappa shape index (κ3) is 10.7. The van der Waals surface area contributed by atoms with Gasteiger partial charge in [0.05, 0.1) is 0 Å². The number of nitrogens with two attached hydrogens (primary N) is 1. The fourth-order valence-corrected chi connectivity index (χ4v) is 1.63. The second-order valence-electron chi connectivity index (χ2n) is 4.10. The summed E-state index contributed by atoms with van der Waals surface area (Å²) in [6, 6.07) is 0. The van der Waals surface area contributed by atoms with Crippen molar-refractivity contribution in [2.45, 2.75) is 40.2 Å². The van der Waals surface area contributed by atoms with E-state index in [9.17, 15) is 9.59 Å². The summed E-state index contributed by atoms with van der Waals surface area (Å²) in [6.07, 6.45) is -2.16. The van der Waals surface area contributed by atoms with Crippen LogP contribution in [-0.4, -0.2) is 55.7 Å². The zero-order valence-corrected chi connectivity index (χ0v) is 15.1. The highest BCUT2D eigenvalue weighted by Crippen LogP contribution is 2.08. The fraction of sp³-hybridized carbons (Fsp3) is 0.833. The van der Waals surface area contributed by atoms with E-state index < -0.39 is 24.6 Å². The van der Waals surface area contributed by atoms with Gasteiger partial charge in [-0.05, 0) is 27.7 Å². The van der Waals surface area contributed by atoms with Gasteiger partial charge in [0.25, 0.3) is 0 Å². The molecular formula is C12H28Cl2N4O4. The molecule has 2 amide bonds. The van der Waals surface area contributed by atoms with Gasteiger partial charge in [-0.15, -0.1) is 24.8 Å². The summed E-state index contributed by atoms with van der Waals surface area (Å²) in [6.45, 7) is 8.73. The van der Waals surface area contributed by atoms with Crippen molar-refractivity contribution in [3.63, 3.8) is 0 Å². The highest BCUT2D eigenvalue weighted by Gasteiger charge is 2.25. The number of halogens is 2. The lowest BCUT2D eigenvalue weighted by Gasteiger charge is -2.32. The Morgan fingerprint density at radius 3 is 1.64 bits per heavy atom. The summed E-state index contributed by atoms with van der Waals surface area (Å²) in [5, 5.41) is 5.07. The second-order valence-corrected chi connectivity index (χ2v) is 4.10. The molecule has 0 rings (SSSR count). The van der Waals surface area contributed by atoms with Crippen LogP contribution in [0.15, 0.2) is 0 Å². The molecule has 0 fully saturated rings. The lowest BCUT2D eigenvalue weighted by molar-refractivity contribution is -0.0897. The molecule has 22 heavy (non-hydrogen) atoms. The highest BCUT2D eigenvalue weighted by atomic mass is 35.5. The third-order valence-corrected chi connectivity index (χ3v) is 2.52. The molecule has 10 heteroatoms. The Morgan fingerprint density at radius 2 is 1.36 bits per heavy atom. The molecule has 0 aliphatic carbocycles. The van der Waals surface area contributed by atoms with E-state index in [-0.39, 0.29) is 24.8 Å². The number of hydrogen-bond acceptors (Lipinski definition) is 6. The molecule has 0 saturated heterocycles. The van der Waals surface area contributed by atoms with Crippen LogP contribution in [0.2, 0.25) is 0 Å². The largest absolute Gasteiger partial charge is 0.430 e. The molecule has 8 nitrogen and oxygen atoms in total. The Kier molecular flexibility index (Phi) is 17.7. The van der Waals surface area contributed by atoms with Crippen LogP contribution in [0.3, 0.4) is 0 Å². The molecule has 0 aromatic rings. The number of carbonyl (C=O) groups is 2. The minimum absolute atomic E-state index is 0. The van der Waals surface area contributed by atoms with Gasteiger partial charge in [-0.3, -0.25) is 0 Å².